The van der Waals surface area contributed by atoms with E-state index < -0.39 is 0 Å². The fourth-order valence-electron chi connectivity index (χ4n) is 3.18. The number of hydrogen-bond donors (Lipinski definition) is 1. The molecule has 0 spiro atoms. The van der Waals surface area contributed by atoms with Gasteiger partial charge in [-0.3, -0.25) is 14.5 Å². The van der Waals surface area contributed by atoms with Gasteiger partial charge in [0.2, 0.25) is 11.8 Å². The van der Waals surface area contributed by atoms with Crippen LogP contribution in [0.25, 0.3) is 0 Å². The molecule has 0 saturated heterocycles. The molecule has 0 radical (unpaired) electrons. The van der Waals surface area contributed by atoms with E-state index in [0.29, 0.717) is 6.54 Å². The van der Waals surface area contributed by atoms with Crippen molar-refractivity contribution in [2.24, 2.45) is 0 Å². The number of anilines is 2. The molecular formula is C21H25N3O2. The van der Waals surface area contributed by atoms with Crippen LogP contribution in [-0.2, 0) is 16.0 Å². The van der Waals surface area contributed by atoms with E-state index in [1.165, 1.54) is 5.56 Å². The Hall–Kier alpha value is -2.66. The van der Waals surface area contributed by atoms with Crippen molar-refractivity contribution in [1.82, 2.24) is 4.90 Å². The molecule has 26 heavy (non-hydrogen) atoms. The topological polar surface area (TPSA) is 52.7 Å². The predicted octanol–water partition coefficient (Wildman–Crippen LogP) is 2.84. The third-order valence-corrected chi connectivity index (χ3v) is 4.90. The first kappa shape index (κ1) is 18.1. The zero-order valence-corrected chi connectivity index (χ0v) is 15.5. The molecule has 1 aliphatic rings. The highest BCUT2D eigenvalue weighted by atomic mass is 16.2. The first-order chi connectivity index (χ1) is 12.5. The van der Waals surface area contributed by atoms with Crippen LogP contribution in [0.15, 0.2) is 48.5 Å². The number of carbonyl (C=O) groups excluding carboxylic acids is 2. The van der Waals surface area contributed by atoms with Crippen LogP contribution in [0.2, 0.25) is 0 Å². The van der Waals surface area contributed by atoms with E-state index in [9.17, 15) is 9.59 Å². The van der Waals surface area contributed by atoms with E-state index in [-0.39, 0.29) is 24.4 Å². The Morgan fingerprint density at radius 3 is 2.58 bits per heavy atom. The van der Waals surface area contributed by atoms with Crippen molar-refractivity contribution in [3.05, 3.63) is 59.7 Å². The van der Waals surface area contributed by atoms with Crippen LogP contribution in [0.4, 0.5) is 11.4 Å². The Morgan fingerprint density at radius 2 is 1.85 bits per heavy atom. The van der Waals surface area contributed by atoms with Gasteiger partial charge in [-0.15, -0.1) is 0 Å². The third-order valence-electron chi connectivity index (χ3n) is 4.90. The summed E-state index contributed by atoms with van der Waals surface area (Å²) in [7, 11) is 1.80. The van der Waals surface area contributed by atoms with Gasteiger partial charge in [-0.2, -0.15) is 0 Å². The molecule has 1 N–H and O–H groups in total. The highest BCUT2D eigenvalue weighted by Crippen LogP contribution is 2.28. The van der Waals surface area contributed by atoms with Gasteiger partial charge in [-0.1, -0.05) is 35.9 Å². The number of nitrogens with zero attached hydrogens (tertiary/aromatic N) is 2. The van der Waals surface area contributed by atoms with Crippen molar-refractivity contribution < 1.29 is 9.59 Å². The Balaban J connectivity index is 1.59. The fraction of sp³-hybridized carbons (Fsp3) is 0.333. The maximum absolute atomic E-state index is 12.9. The second kappa shape index (κ2) is 7.70. The molecule has 1 aliphatic heterocycles. The average Bonchev–Trinajstić information content (AvgIpc) is 3.06. The molecule has 136 valence electrons. The lowest BCUT2D eigenvalue weighted by Crippen LogP contribution is -2.47. The summed E-state index contributed by atoms with van der Waals surface area (Å²) < 4.78 is 0. The number of rotatable bonds is 5. The minimum Gasteiger partial charge on any atom is -0.325 e. The molecule has 0 fully saturated rings. The van der Waals surface area contributed by atoms with Crippen LogP contribution in [0.3, 0.4) is 0 Å². The van der Waals surface area contributed by atoms with Crippen molar-refractivity contribution in [2.75, 3.05) is 30.4 Å². The SMILES string of the molecule is Cc1ccc(NC(=O)CN(C)[C@@H](C)C(=O)N2CCc3ccccc32)cc1. The number of benzene rings is 2. The summed E-state index contributed by atoms with van der Waals surface area (Å²) >= 11 is 0. The second-order valence-electron chi connectivity index (χ2n) is 6.87. The number of likely N-dealkylation sites (N-methyl/N-ethyl adjacent to an activating group) is 1. The fourth-order valence-corrected chi connectivity index (χ4v) is 3.18. The van der Waals surface area contributed by atoms with Crippen LogP contribution in [-0.4, -0.2) is 42.9 Å². The summed E-state index contributed by atoms with van der Waals surface area (Å²) in [5.41, 5.74) is 4.10. The lowest BCUT2D eigenvalue weighted by Gasteiger charge is -2.28. The van der Waals surface area contributed by atoms with Gasteiger partial charge in [0, 0.05) is 17.9 Å². The molecule has 3 rings (SSSR count). The Bertz CT molecular complexity index is 801. The Kier molecular flexibility index (Phi) is 5.38. The third kappa shape index (κ3) is 3.94. The van der Waals surface area contributed by atoms with Gasteiger partial charge in [0.05, 0.1) is 12.6 Å². The van der Waals surface area contributed by atoms with Gasteiger partial charge in [0.1, 0.15) is 0 Å². The molecule has 0 saturated carbocycles. The average molecular weight is 351 g/mol. The van der Waals surface area contributed by atoms with Gasteiger partial charge >= 0.3 is 0 Å². The van der Waals surface area contributed by atoms with Crippen molar-refractivity contribution >= 4 is 23.2 Å². The number of para-hydroxylation sites is 1. The quantitative estimate of drug-likeness (QED) is 0.901. The van der Waals surface area contributed by atoms with E-state index in [2.05, 4.69) is 11.4 Å². The Labute approximate surface area is 154 Å². The second-order valence-corrected chi connectivity index (χ2v) is 6.87. The number of carbonyl (C=O) groups is 2. The number of amides is 2. The molecule has 2 amide bonds. The Morgan fingerprint density at radius 1 is 1.15 bits per heavy atom. The van der Waals surface area contributed by atoms with Crippen LogP contribution in [0.1, 0.15) is 18.1 Å². The van der Waals surface area contributed by atoms with E-state index in [1.54, 1.807) is 11.9 Å². The molecular weight excluding hydrogens is 326 g/mol. The monoisotopic (exact) mass is 351 g/mol. The van der Waals surface area contributed by atoms with Crippen LogP contribution in [0.5, 0.6) is 0 Å². The van der Waals surface area contributed by atoms with Crippen LogP contribution < -0.4 is 10.2 Å². The smallest absolute Gasteiger partial charge is 0.244 e. The summed E-state index contributed by atoms with van der Waals surface area (Å²) in [6.45, 7) is 4.72. The molecule has 0 bridgehead atoms. The standard InChI is InChI=1S/C21H25N3O2/c1-15-8-10-18(11-9-15)22-20(25)14-23(3)16(2)21(26)24-13-12-17-6-4-5-7-19(17)24/h4-11,16H,12-14H2,1-3H3,(H,22,25)/t16-/m0/s1. The predicted molar refractivity (Wildman–Crippen MR) is 104 cm³/mol. The van der Waals surface area contributed by atoms with Crippen LogP contribution >= 0.6 is 0 Å². The molecule has 0 aromatic heterocycles. The lowest BCUT2D eigenvalue weighted by molar-refractivity contribution is -0.124. The first-order valence-corrected chi connectivity index (χ1v) is 8.92. The summed E-state index contributed by atoms with van der Waals surface area (Å²) in [5, 5.41) is 2.87. The number of hydrogen-bond acceptors (Lipinski definition) is 3. The van der Waals surface area contributed by atoms with E-state index >= 15 is 0 Å². The van der Waals surface area contributed by atoms with Crippen molar-refractivity contribution in [1.29, 1.82) is 0 Å². The molecule has 0 aliphatic carbocycles. The molecule has 2 aromatic rings. The van der Waals surface area contributed by atoms with Crippen molar-refractivity contribution in [3.8, 4) is 0 Å². The normalized spacial score (nSPS) is 14.2. The zero-order chi connectivity index (χ0) is 18.7. The van der Waals surface area contributed by atoms with Crippen LogP contribution in [0, 0.1) is 6.92 Å². The van der Waals surface area contributed by atoms with Crippen molar-refractivity contribution in [3.63, 3.8) is 0 Å². The number of nitrogens with one attached hydrogen (secondary N) is 1. The summed E-state index contributed by atoms with van der Waals surface area (Å²) in [6.07, 6.45) is 0.881. The largest absolute Gasteiger partial charge is 0.325 e. The first-order valence-electron chi connectivity index (χ1n) is 8.92. The molecule has 1 heterocycles. The van der Waals surface area contributed by atoms with Gasteiger partial charge in [0.15, 0.2) is 0 Å². The highest BCUT2D eigenvalue weighted by Gasteiger charge is 2.30. The van der Waals surface area contributed by atoms with E-state index in [0.717, 1.165) is 23.4 Å². The van der Waals surface area contributed by atoms with Gasteiger partial charge in [0.25, 0.3) is 0 Å². The molecule has 0 unspecified atom stereocenters. The molecule has 5 heteroatoms. The summed E-state index contributed by atoms with van der Waals surface area (Å²) in [4.78, 5) is 28.8. The number of aryl methyl sites for hydroxylation is 1. The molecule has 5 nitrogen and oxygen atoms in total. The summed E-state index contributed by atoms with van der Waals surface area (Å²) in [6, 6.07) is 15.3. The minimum absolute atomic E-state index is 0.0283. The van der Waals surface area contributed by atoms with Gasteiger partial charge in [-0.25, -0.2) is 0 Å². The summed E-state index contributed by atoms with van der Waals surface area (Å²) in [5.74, 6) is -0.0987. The van der Waals surface area contributed by atoms with Gasteiger partial charge in [-0.05, 0) is 51.1 Å². The van der Waals surface area contributed by atoms with E-state index in [1.807, 2.05) is 61.2 Å². The minimum atomic E-state index is -0.370. The van der Waals surface area contributed by atoms with E-state index in [4.69, 9.17) is 0 Å². The lowest BCUT2D eigenvalue weighted by atomic mass is 10.2. The maximum atomic E-state index is 12.9. The zero-order valence-electron chi connectivity index (χ0n) is 15.5. The highest BCUT2D eigenvalue weighted by molar-refractivity contribution is 5.99. The van der Waals surface area contributed by atoms with Gasteiger partial charge < -0.3 is 10.2 Å². The molecule has 1 atom stereocenters. The van der Waals surface area contributed by atoms with Crippen molar-refractivity contribution in [2.45, 2.75) is 26.3 Å². The molecule has 2 aromatic carbocycles. The number of fused-ring (bicyclic) bond motifs is 1. The maximum Gasteiger partial charge on any atom is 0.244 e.